The molecule has 0 aliphatic carbocycles. The van der Waals surface area contributed by atoms with Crippen molar-refractivity contribution < 1.29 is 22.7 Å². The van der Waals surface area contributed by atoms with Crippen LogP contribution in [-0.4, -0.2) is 50.2 Å². The Balaban J connectivity index is 1.95. The normalized spacial score (nSPS) is 18.9. The molecular formula is C17H23NO5S2. The lowest BCUT2D eigenvalue weighted by Crippen LogP contribution is -2.31. The van der Waals surface area contributed by atoms with Gasteiger partial charge in [-0.05, 0) is 24.5 Å². The third-order valence-corrected chi connectivity index (χ3v) is 6.96. The molecule has 0 bridgehead atoms. The quantitative estimate of drug-likeness (QED) is 0.721. The second-order valence-electron chi connectivity index (χ2n) is 6.41. The Morgan fingerprint density at radius 3 is 2.68 bits per heavy atom. The molecule has 1 saturated heterocycles. The Bertz CT molecular complexity index is 730. The number of rotatable bonds is 7. The highest BCUT2D eigenvalue weighted by molar-refractivity contribution is 8.02. The van der Waals surface area contributed by atoms with Gasteiger partial charge >= 0.3 is 5.97 Å². The number of esters is 1. The first-order chi connectivity index (χ1) is 11.8. The van der Waals surface area contributed by atoms with Gasteiger partial charge in [0.1, 0.15) is 0 Å². The molecule has 0 radical (unpaired) electrons. The van der Waals surface area contributed by atoms with Gasteiger partial charge < -0.3 is 10.1 Å². The maximum Gasteiger partial charge on any atom is 0.339 e. The van der Waals surface area contributed by atoms with Gasteiger partial charge in [-0.1, -0.05) is 26.0 Å². The zero-order valence-electron chi connectivity index (χ0n) is 14.4. The van der Waals surface area contributed by atoms with E-state index in [1.165, 1.54) is 11.8 Å². The van der Waals surface area contributed by atoms with Gasteiger partial charge in [-0.15, -0.1) is 11.8 Å². The number of sulfone groups is 1. The second kappa shape index (κ2) is 8.71. The number of benzene rings is 1. The topological polar surface area (TPSA) is 89.5 Å². The summed E-state index contributed by atoms with van der Waals surface area (Å²) in [4.78, 5) is 24.6. The van der Waals surface area contributed by atoms with Gasteiger partial charge in [0, 0.05) is 16.7 Å². The van der Waals surface area contributed by atoms with Crippen LogP contribution in [0.4, 0.5) is 0 Å². The fourth-order valence-corrected chi connectivity index (χ4v) is 5.97. The number of carbonyl (C=O) groups excluding carboxylic acids is 2. The first-order valence-corrected chi connectivity index (χ1v) is 10.9. The van der Waals surface area contributed by atoms with Crippen molar-refractivity contribution in [1.29, 1.82) is 0 Å². The summed E-state index contributed by atoms with van der Waals surface area (Å²) in [6, 6.07) is 6.90. The van der Waals surface area contributed by atoms with Gasteiger partial charge in [0.05, 0.1) is 17.1 Å². The molecular weight excluding hydrogens is 362 g/mol. The van der Waals surface area contributed by atoms with E-state index in [4.69, 9.17) is 4.74 Å². The van der Waals surface area contributed by atoms with E-state index in [0.717, 1.165) is 0 Å². The number of ether oxygens (including phenoxy) is 1. The van der Waals surface area contributed by atoms with Crippen LogP contribution in [0.1, 0.15) is 30.6 Å². The van der Waals surface area contributed by atoms with E-state index in [2.05, 4.69) is 5.32 Å². The molecule has 138 valence electrons. The van der Waals surface area contributed by atoms with E-state index < -0.39 is 15.8 Å². The van der Waals surface area contributed by atoms with Crippen molar-refractivity contribution in [3.05, 3.63) is 29.8 Å². The zero-order valence-corrected chi connectivity index (χ0v) is 16.0. The SMILES string of the molecule is CC(C)CNC(=O)COC(=O)c1ccccc1S[C@@H]1CCS(=O)(=O)C1. The molecule has 25 heavy (non-hydrogen) atoms. The average Bonchev–Trinajstić information content (AvgIpc) is 2.89. The van der Waals surface area contributed by atoms with E-state index in [1.807, 2.05) is 13.8 Å². The number of hydrogen-bond acceptors (Lipinski definition) is 6. The molecule has 1 aromatic rings. The summed E-state index contributed by atoms with van der Waals surface area (Å²) in [5.74, 6) is -0.288. The monoisotopic (exact) mass is 385 g/mol. The maximum absolute atomic E-state index is 12.3. The molecule has 6 nitrogen and oxygen atoms in total. The number of amides is 1. The Morgan fingerprint density at radius 2 is 2.04 bits per heavy atom. The van der Waals surface area contributed by atoms with Gasteiger partial charge in [0.15, 0.2) is 16.4 Å². The predicted molar refractivity (Wildman–Crippen MR) is 97.5 cm³/mol. The Labute approximate surface area is 152 Å². The molecule has 0 unspecified atom stereocenters. The van der Waals surface area contributed by atoms with Crippen LogP contribution < -0.4 is 5.32 Å². The number of carbonyl (C=O) groups is 2. The van der Waals surface area contributed by atoms with Crippen LogP contribution in [0.5, 0.6) is 0 Å². The highest BCUT2D eigenvalue weighted by atomic mass is 32.2. The van der Waals surface area contributed by atoms with Crippen LogP contribution in [0.2, 0.25) is 0 Å². The van der Waals surface area contributed by atoms with Crippen LogP contribution in [0, 0.1) is 5.92 Å². The van der Waals surface area contributed by atoms with Crippen LogP contribution in [0.3, 0.4) is 0 Å². The molecule has 0 spiro atoms. The van der Waals surface area contributed by atoms with Gasteiger partial charge in [-0.3, -0.25) is 4.79 Å². The van der Waals surface area contributed by atoms with Crippen molar-refractivity contribution in [1.82, 2.24) is 5.32 Å². The first kappa shape index (κ1) is 19.8. The summed E-state index contributed by atoms with van der Waals surface area (Å²) in [7, 11) is -2.97. The molecule has 1 aromatic carbocycles. The van der Waals surface area contributed by atoms with E-state index in [1.54, 1.807) is 24.3 Å². The van der Waals surface area contributed by atoms with Crippen molar-refractivity contribution >= 4 is 33.5 Å². The summed E-state index contributed by atoms with van der Waals surface area (Å²) in [5, 5.41) is 2.62. The minimum absolute atomic E-state index is 0.0618. The predicted octanol–water partition coefficient (Wildman–Crippen LogP) is 1.89. The van der Waals surface area contributed by atoms with Crippen molar-refractivity contribution in [2.24, 2.45) is 5.92 Å². The third kappa shape index (κ3) is 6.36. The molecule has 1 heterocycles. The fourth-order valence-electron chi connectivity index (χ4n) is 2.35. The molecule has 1 aliphatic heterocycles. The van der Waals surface area contributed by atoms with Gasteiger partial charge in [-0.2, -0.15) is 0 Å². The van der Waals surface area contributed by atoms with Crippen molar-refractivity contribution in [3.8, 4) is 0 Å². The molecule has 8 heteroatoms. The zero-order chi connectivity index (χ0) is 18.4. The van der Waals surface area contributed by atoms with Crippen molar-refractivity contribution in [2.75, 3.05) is 24.7 Å². The van der Waals surface area contributed by atoms with Gasteiger partial charge in [0.2, 0.25) is 0 Å². The highest BCUT2D eigenvalue weighted by Gasteiger charge is 2.29. The minimum Gasteiger partial charge on any atom is -0.452 e. The molecule has 1 N–H and O–H groups in total. The third-order valence-electron chi connectivity index (χ3n) is 3.63. The molecule has 1 atom stereocenters. The largest absolute Gasteiger partial charge is 0.452 e. The molecule has 1 fully saturated rings. The van der Waals surface area contributed by atoms with Crippen molar-refractivity contribution in [2.45, 2.75) is 30.4 Å². The van der Waals surface area contributed by atoms with Crippen LogP contribution in [-0.2, 0) is 19.4 Å². The number of hydrogen-bond donors (Lipinski definition) is 1. The van der Waals surface area contributed by atoms with Gasteiger partial charge in [-0.25, -0.2) is 13.2 Å². The Kier molecular flexibility index (Phi) is 6.89. The average molecular weight is 386 g/mol. The smallest absolute Gasteiger partial charge is 0.339 e. The Hall–Kier alpha value is -1.54. The van der Waals surface area contributed by atoms with Crippen molar-refractivity contribution in [3.63, 3.8) is 0 Å². The molecule has 0 aromatic heterocycles. The van der Waals surface area contributed by atoms with E-state index >= 15 is 0 Å². The highest BCUT2D eigenvalue weighted by Crippen LogP contribution is 2.33. The van der Waals surface area contributed by atoms with Crippen LogP contribution in [0.15, 0.2) is 29.2 Å². The maximum atomic E-state index is 12.3. The second-order valence-corrected chi connectivity index (χ2v) is 9.98. The lowest BCUT2D eigenvalue weighted by molar-refractivity contribution is -0.124. The fraction of sp³-hybridized carbons (Fsp3) is 0.529. The molecule has 0 saturated carbocycles. The van der Waals surface area contributed by atoms with E-state index in [9.17, 15) is 18.0 Å². The first-order valence-electron chi connectivity index (χ1n) is 8.17. The summed E-state index contributed by atoms with van der Waals surface area (Å²) in [5.41, 5.74) is 0.355. The Morgan fingerprint density at radius 1 is 1.32 bits per heavy atom. The summed E-state index contributed by atoms with van der Waals surface area (Å²) >= 11 is 1.38. The van der Waals surface area contributed by atoms with Crippen LogP contribution in [0.25, 0.3) is 0 Å². The lowest BCUT2D eigenvalue weighted by atomic mass is 10.2. The molecule has 1 amide bonds. The summed E-state index contributed by atoms with van der Waals surface area (Å²) in [6.45, 7) is 4.15. The van der Waals surface area contributed by atoms with Crippen LogP contribution >= 0.6 is 11.8 Å². The minimum atomic E-state index is -2.97. The number of nitrogens with one attached hydrogen (secondary N) is 1. The van der Waals surface area contributed by atoms with E-state index in [0.29, 0.717) is 29.3 Å². The van der Waals surface area contributed by atoms with Gasteiger partial charge in [0.25, 0.3) is 5.91 Å². The molecule has 1 aliphatic rings. The lowest BCUT2D eigenvalue weighted by Gasteiger charge is -2.12. The summed E-state index contributed by atoms with van der Waals surface area (Å²) in [6.07, 6.45) is 0.577. The molecule has 2 rings (SSSR count). The standard InChI is InChI=1S/C17H23NO5S2/c1-12(2)9-18-16(19)10-23-17(20)14-5-3-4-6-15(14)24-13-7-8-25(21,22)11-13/h3-6,12-13H,7-11H2,1-2H3,(H,18,19)/t13-/m1/s1. The number of thioether (sulfide) groups is 1. The van der Waals surface area contributed by atoms with E-state index in [-0.39, 0.29) is 29.3 Å². The summed E-state index contributed by atoms with van der Waals surface area (Å²) < 4.78 is 28.3.